The van der Waals surface area contributed by atoms with Crippen LogP contribution in [0.1, 0.15) is 23.6 Å². The smallest absolute Gasteiger partial charge is 0.339 e. The molecule has 4 nitrogen and oxygen atoms in total. The van der Waals surface area contributed by atoms with Gasteiger partial charge in [-0.05, 0) is 31.0 Å². The quantitative estimate of drug-likeness (QED) is 0.692. The average molecular weight is 359 g/mol. The third-order valence-electron chi connectivity index (χ3n) is 4.08. The molecular weight excluding hydrogens is 340 g/mol. The first-order valence-electron chi connectivity index (χ1n) is 8.06. The van der Waals surface area contributed by atoms with E-state index in [-0.39, 0.29) is 6.42 Å². The van der Waals surface area contributed by atoms with Gasteiger partial charge in [-0.25, -0.2) is 4.79 Å². The second-order valence-corrected chi connectivity index (χ2v) is 6.51. The van der Waals surface area contributed by atoms with Crippen molar-refractivity contribution in [1.82, 2.24) is 0 Å². The Bertz CT molecular complexity index is 945. The monoisotopic (exact) mass is 358 g/mol. The summed E-state index contributed by atoms with van der Waals surface area (Å²) in [6.07, 6.45) is -0.378. The first-order chi connectivity index (χ1) is 12.0. The Morgan fingerprint density at radius 3 is 2.64 bits per heavy atom. The molecule has 0 aliphatic carbocycles. The molecule has 1 atom stereocenters. The predicted molar refractivity (Wildman–Crippen MR) is 98.4 cm³/mol. The van der Waals surface area contributed by atoms with E-state index in [0.29, 0.717) is 28.5 Å². The number of halogens is 1. The molecule has 1 heterocycles. The third kappa shape index (κ3) is 3.86. The van der Waals surface area contributed by atoms with Gasteiger partial charge in [-0.15, -0.1) is 0 Å². The topological polar surface area (TPSA) is 59.7 Å². The molecule has 130 valence electrons. The van der Waals surface area contributed by atoms with Crippen LogP contribution in [0.25, 0.3) is 11.0 Å². The normalized spacial score (nSPS) is 12.3. The number of aliphatic hydroxyl groups is 1. The molecule has 0 unspecified atom stereocenters. The fraction of sp³-hybridized carbons (Fsp3) is 0.250. The van der Waals surface area contributed by atoms with Gasteiger partial charge in [-0.2, -0.15) is 0 Å². The molecule has 0 saturated heterocycles. The van der Waals surface area contributed by atoms with Crippen molar-refractivity contribution in [2.75, 3.05) is 0 Å². The lowest BCUT2D eigenvalue weighted by atomic mass is 10.0. The van der Waals surface area contributed by atoms with Crippen LogP contribution in [0.15, 0.2) is 51.7 Å². The van der Waals surface area contributed by atoms with Crippen LogP contribution in [0.4, 0.5) is 0 Å². The van der Waals surface area contributed by atoms with Crippen LogP contribution in [-0.2, 0) is 13.0 Å². The average Bonchev–Trinajstić information content (AvgIpc) is 2.58. The number of benzene rings is 2. The largest absolute Gasteiger partial charge is 0.487 e. The van der Waals surface area contributed by atoms with Crippen LogP contribution in [-0.4, -0.2) is 11.2 Å². The molecule has 3 rings (SSSR count). The molecule has 2 aromatic carbocycles. The molecule has 0 saturated carbocycles. The number of ether oxygens (including phenoxy) is 1. The van der Waals surface area contributed by atoms with Gasteiger partial charge in [0.2, 0.25) is 0 Å². The highest BCUT2D eigenvalue weighted by atomic mass is 35.5. The molecule has 1 N–H and O–H groups in total. The van der Waals surface area contributed by atoms with E-state index in [0.717, 1.165) is 16.5 Å². The lowest BCUT2D eigenvalue weighted by Crippen LogP contribution is -2.16. The Kier molecular flexibility index (Phi) is 5.11. The fourth-order valence-corrected chi connectivity index (χ4v) is 2.99. The number of aliphatic hydroxyl groups excluding tert-OH is 1. The summed E-state index contributed by atoms with van der Waals surface area (Å²) >= 11 is 6.35. The van der Waals surface area contributed by atoms with E-state index in [2.05, 4.69) is 0 Å². The van der Waals surface area contributed by atoms with Crippen molar-refractivity contribution in [2.45, 2.75) is 33.0 Å². The number of hydrogen-bond acceptors (Lipinski definition) is 4. The van der Waals surface area contributed by atoms with Crippen LogP contribution in [0.3, 0.4) is 0 Å². The van der Waals surface area contributed by atoms with Crippen LogP contribution < -0.4 is 10.4 Å². The molecule has 25 heavy (non-hydrogen) atoms. The van der Waals surface area contributed by atoms with Crippen molar-refractivity contribution in [2.24, 2.45) is 0 Å². The molecule has 0 fully saturated rings. The van der Waals surface area contributed by atoms with Crippen LogP contribution in [0.5, 0.6) is 5.75 Å². The van der Waals surface area contributed by atoms with Gasteiger partial charge in [0.1, 0.15) is 17.9 Å². The van der Waals surface area contributed by atoms with Crippen LogP contribution >= 0.6 is 11.6 Å². The molecule has 0 bridgehead atoms. The van der Waals surface area contributed by atoms with E-state index in [1.807, 2.05) is 37.3 Å². The van der Waals surface area contributed by atoms with Gasteiger partial charge in [0.05, 0.1) is 11.1 Å². The molecular formula is C20H19ClO4. The van der Waals surface area contributed by atoms with Crippen molar-refractivity contribution in [1.29, 1.82) is 0 Å². The van der Waals surface area contributed by atoms with E-state index >= 15 is 0 Å². The summed E-state index contributed by atoms with van der Waals surface area (Å²) in [6.45, 7) is 3.84. The second kappa shape index (κ2) is 7.30. The molecule has 0 aliphatic heterocycles. The minimum absolute atomic E-state index is 0.244. The zero-order chi connectivity index (χ0) is 18.0. The molecule has 3 aromatic rings. The summed E-state index contributed by atoms with van der Waals surface area (Å²) < 4.78 is 11.2. The lowest BCUT2D eigenvalue weighted by molar-refractivity contribution is 0.194. The highest BCUT2D eigenvalue weighted by Crippen LogP contribution is 2.32. The van der Waals surface area contributed by atoms with E-state index < -0.39 is 11.7 Å². The summed E-state index contributed by atoms with van der Waals surface area (Å²) in [5, 5.41) is 10.8. The van der Waals surface area contributed by atoms with Crippen molar-refractivity contribution in [3.8, 4) is 5.75 Å². The maximum absolute atomic E-state index is 12.2. The Labute approximate surface area is 150 Å². The van der Waals surface area contributed by atoms with Crippen molar-refractivity contribution in [3.63, 3.8) is 0 Å². The number of aryl methyl sites for hydroxylation is 1. The van der Waals surface area contributed by atoms with E-state index in [4.69, 9.17) is 20.8 Å². The number of rotatable bonds is 5. The minimum Gasteiger partial charge on any atom is -0.487 e. The summed E-state index contributed by atoms with van der Waals surface area (Å²) in [5.74, 6) is 0.462. The maximum Gasteiger partial charge on any atom is 0.339 e. The van der Waals surface area contributed by atoms with Crippen LogP contribution in [0, 0.1) is 6.92 Å². The Morgan fingerprint density at radius 2 is 1.96 bits per heavy atom. The Hall–Kier alpha value is -2.30. The van der Waals surface area contributed by atoms with E-state index in [9.17, 15) is 9.90 Å². The highest BCUT2D eigenvalue weighted by Gasteiger charge is 2.15. The third-order valence-corrected chi connectivity index (χ3v) is 4.37. The first kappa shape index (κ1) is 17.5. The molecule has 1 aromatic heterocycles. The molecule has 0 aliphatic rings. The summed E-state index contributed by atoms with van der Waals surface area (Å²) in [5.41, 5.74) is 2.23. The van der Waals surface area contributed by atoms with Gasteiger partial charge >= 0.3 is 5.63 Å². The summed E-state index contributed by atoms with van der Waals surface area (Å²) in [6, 6.07) is 13.1. The van der Waals surface area contributed by atoms with Crippen LogP contribution in [0.2, 0.25) is 5.02 Å². The number of fused-ring (bicyclic) bond motifs is 1. The van der Waals surface area contributed by atoms with Gasteiger partial charge in [-0.3, -0.25) is 0 Å². The van der Waals surface area contributed by atoms with Crippen molar-refractivity contribution in [3.05, 3.63) is 74.6 Å². The van der Waals surface area contributed by atoms with Gasteiger partial charge in [0.15, 0.2) is 0 Å². The van der Waals surface area contributed by atoms with Gasteiger partial charge in [-0.1, -0.05) is 41.9 Å². The van der Waals surface area contributed by atoms with Crippen molar-refractivity contribution < 1.29 is 14.3 Å². The molecule has 0 amide bonds. The molecule has 0 spiro atoms. The van der Waals surface area contributed by atoms with Gasteiger partial charge in [0, 0.05) is 23.4 Å². The molecule has 0 radical (unpaired) electrons. The van der Waals surface area contributed by atoms with Gasteiger partial charge in [0.25, 0.3) is 0 Å². The first-order valence-corrected chi connectivity index (χ1v) is 8.44. The SMILES string of the molecule is Cc1c(C[C@@H](C)O)c(=O)oc2cc(OCc3ccccc3)c(Cl)cc12. The Morgan fingerprint density at radius 1 is 1.24 bits per heavy atom. The molecule has 5 heteroatoms. The second-order valence-electron chi connectivity index (χ2n) is 6.10. The van der Waals surface area contributed by atoms with Crippen molar-refractivity contribution >= 4 is 22.6 Å². The highest BCUT2D eigenvalue weighted by molar-refractivity contribution is 6.32. The Balaban J connectivity index is 1.97. The number of hydrogen-bond donors (Lipinski definition) is 1. The standard InChI is InChI=1S/C20H19ClO4/c1-12(22)8-16-13(2)15-9-17(21)19(10-18(15)25-20(16)23)24-11-14-6-4-3-5-7-14/h3-7,9-10,12,22H,8,11H2,1-2H3/t12-/m1/s1. The van der Waals surface area contributed by atoms with Gasteiger partial charge < -0.3 is 14.3 Å². The summed E-state index contributed by atoms with van der Waals surface area (Å²) in [4.78, 5) is 12.2. The zero-order valence-electron chi connectivity index (χ0n) is 14.1. The fourth-order valence-electron chi connectivity index (χ4n) is 2.77. The van der Waals surface area contributed by atoms with E-state index in [1.165, 1.54) is 0 Å². The minimum atomic E-state index is -0.622. The summed E-state index contributed by atoms with van der Waals surface area (Å²) in [7, 11) is 0. The van der Waals surface area contributed by atoms with E-state index in [1.54, 1.807) is 19.1 Å². The maximum atomic E-state index is 12.2. The zero-order valence-corrected chi connectivity index (χ0v) is 14.8. The predicted octanol–water partition coefficient (Wildman–Crippen LogP) is 4.26. The lowest BCUT2D eigenvalue weighted by Gasteiger charge is -2.12.